The molecule has 0 unspecified atom stereocenters. The number of rotatable bonds is 5. The molecule has 0 atom stereocenters. The first-order chi connectivity index (χ1) is 11.7. The van der Waals surface area contributed by atoms with E-state index in [0.29, 0.717) is 16.9 Å². The zero-order valence-electron chi connectivity index (χ0n) is 13.6. The molecule has 6 nitrogen and oxygen atoms in total. The number of carbonyl (C=O) groups is 2. The summed E-state index contributed by atoms with van der Waals surface area (Å²) in [4.78, 5) is 22.6. The average molecular weight is 360 g/mol. The van der Waals surface area contributed by atoms with E-state index in [2.05, 4.69) is 0 Å². The minimum Gasteiger partial charge on any atom is -0.478 e. The lowest BCUT2D eigenvalue weighted by Gasteiger charge is -2.06. The summed E-state index contributed by atoms with van der Waals surface area (Å²) in [6.07, 6.45) is 2.54. The van der Waals surface area contributed by atoms with Crippen molar-refractivity contribution in [3.8, 4) is 5.75 Å². The molecule has 0 spiro atoms. The van der Waals surface area contributed by atoms with Gasteiger partial charge in [-0.3, -0.25) is 4.79 Å². The van der Waals surface area contributed by atoms with Gasteiger partial charge in [0.15, 0.2) is 9.84 Å². The highest BCUT2D eigenvalue weighted by Gasteiger charge is 2.13. The van der Waals surface area contributed by atoms with E-state index < -0.39 is 21.8 Å². The second kappa shape index (κ2) is 7.31. The lowest BCUT2D eigenvalue weighted by molar-refractivity contribution is -0.132. The van der Waals surface area contributed by atoms with Gasteiger partial charge in [-0.25, -0.2) is 13.2 Å². The molecule has 0 bridgehead atoms. The average Bonchev–Trinajstić information content (AvgIpc) is 2.52. The molecule has 0 fully saturated rings. The van der Waals surface area contributed by atoms with Crippen LogP contribution < -0.4 is 4.74 Å². The second-order valence-electron chi connectivity index (χ2n) is 5.32. The predicted molar refractivity (Wildman–Crippen MR) is 92.8 cm³/mol. The van der Waals surface area contributed by atoms with Gasteiger partial charge in [-0.2, -0.15) is 0 Å². The third-order valence-electron chi connectivity index (χ3n) is 3.28. The van der Waals surface area contributed by atoms with E-state index in [1.165, 1.54) is 37.3 Å². The fourth-order valence-electron chi connectivity index (χ4n) is 2.11. The van der Waals surface area contributed by atoms with E-state index >= 15 is 0 Å². The maximum Gasteiger partial charge on any atom is 0.336 e. The third kappa shape index (κ3) is 5.02. The molecular weight excluding hydrogens is 344 g/mol. The lowest BCUT2D eigenvalue weighted by atomic mass is 10.0. The summed E-state index contributed by atoms with van der Waals surface area (Å²) in [5.74, 6) is -1.23. The molecule has 0 aliphatic carbocycles. The first-order valence-electron chi connectivity index (χ1n) is 7.21. The molecule has 1 N–H and O–H groups in total. The van der Waals surface area contributed by atoms with E-state index in [1.54, 1.807) is 24.3 Å². The third-order valence-corrected chi connectivity index (χ3v) is 4.41. The van der Waals surface area contributed by atoms with Gasteiger partial charge in [0.1, 0.15) is 5.75 Å². The Kier molecular flexibility index (Phi) is 5.38. The lowest BCUT2D eigenvalue weighted by Crippen LogP contribution is -2.02. The Labute approximate surface area is 145 Å². The van der Waals surface area contributed by atoms with Crippen molar-refractivity contribution in [2.45, 2.75) is 11.8 Å². The summed E-state index contributed by atoms with van der Waals surface area (Å²) in [5.41, 5.74) is 0.991. The van der Waals surface area contributed by atoms with Crippen molar-refractivity contribution in [2.24, 2.45) is 0 Å². The van der Waals surface area contributed by atoms with Crippen molar-refractivity contribution in [3.63, 3.8) is 0 Å². The number of hydrogen-bond donors (Lipinski definition) is 1. The van der Waals surface area contributed by atoms with Gasteiger partial charge < -0.3 is 9.84 Å². The van der Waals surface area contributed by atoms with E-state index in [4.69, 9.17) is 4.74 Å². The monoisotopic (exact) mass is 360 g/mol. The van der Waals surface area contributed by atoms with Gasteiger partial charge in [0.25, 0.3) is 0 Å². The number of sulfone groups is 1. The van der Waals surface area contributed by atoms with Crippen molar-refractivity contribution in [2.75, 3.05) is 6.26 Å². The van der Waals surface area contributed by atoms with Gasteiger partial charge in [-0.15, -0.1) is 0 Å². The SMILES string of the molecule is CC(=O)Oc1ccc(/C=C(/C(=O)O)c2ccc(S(C)(=O)=O)cc2)cc1. The van der Waals surface area contributed by atoms with Gasteiger partial charge in [0, 0.05) is 13.2 Å². The zero-order chi connectivity index (χ0) is 18.6. The minimum atomic E-state index is -3.35. The van der Waals surface area contributed by atoms with Crippen molar-refractivity contribution < 1.29 is 27.9 Å². The van der Waals surface area contributed by atoms with Crippen molar-refractivity contribution in [3.05, 3.63) is 59.7 Å². The first-order valence-corrected chi connectivity index (χ1v) is 9.10. The van der Waals surface area contributed by atoms with E-state index in [-0.39, 0.29) is 10.5 Å². The topological polar surface area (TPSA) is 97.7 Å². The maximum absolute atomic E-state index is 11.5. The molecule has 25 heavy (non-hydrogen) atoms. The summed E-state index contributed by atoms with van der Waals surface area (Å²) < 4.78 is 27.9. The quantitative estimate of drug-likeness (QED) is 0.381. The van der Waals surface area contributed by atoms with Crippen LogP contribution in [0.5, 0.6) is 5.75 Å². The second-order valence-corrected chi connectivity index (χ2v) is 7.34. The number of hydrogen-bond acceptors (Lipinski definition) is 5. The normalized spacial score (nSPS) is 11.8. The van der Waals surface area contributed by atoms with Crippen LogP contribution in [0.2, 0.25) is 0 Å². The van der Waals surface area contributed by atoms with Gasteiger partial charge in [0.05, 0.1) is 10.5 Å². The molecular formula is C18H16O6S. The molecule has 0 saturated heterocycles. The Bertz CT molecular complexity index is 923. The van der Waals surface area contributed by atoms with Gasteiger partial charge >= 0.3 is 11.9 Å². The zero-order valence-corrected chi connectivity index (χ0v) is 14.4. The van der Waals surface area contributed by atoms with E-state index in [1.807, 2.05) is 0 Å². The molecule has 2 aromatic carbocycles. The Morgan fingerprint density at radius 3 is 2.00 bits per heavy atom. The van der Waals surface area contributed by atoms with Crippen LogP contribution in [0.25, 0.3) is 11.6 Å². The summed E-state index contributed by atoms with van der Waals surface area (Å²) in [6.45, 7) is 1.29. The number of carboxylic acids is 1. The van der Waals surface area contributed by atoms with Crippen molar-refractivity contribution in [1.29, 1.82) is 0 Å². The summed E-state index contributed by atoms with van der Waals surface area (Å²) in [7, 11) is -3.35. The highest BCUT2D eigenvalue weighted by Crippen LogP contribution is 2.22. The molecule has 0 heterocycles. The summed E-state index contributed by atoms with van der Waals surface area (Å²) in [6, 6.07) is 12.0. The number of ether oxygens (including phenoxy) is 1. The van der Waals surface area contributed by atoms with Crippen LogP contribution in [0.15, 0.2) is 53.4 Å². The Morgan fingerprint density at radius 1 is 1.00 bits per heavy atom. The van der Waals surface area contributed by atoms with Crippen LogP contribution >= 0.6 is 0 Å². The molecule has 7 heteroatoms. The van der Waals surface area contributed by atoms with Gasteiger partial charge in [-0.1, -0.05) is 24.3 Å². The molecule has 0 saturated carbocycles. The standard InChI is InChI=1S/C18H16O6S/c1-12(19)24-15-7-3-13(4-8-15)11-17(18(20)21)14-5-9-16(10-6-14)25(2,22)23/h3-11H,1-2H3,(H,20,21)/b17-11+. The Hall–Kier alpha value is -2.93. The molecule has 0 aliphatic heterocycles. The van der Waals surface area contributed by atoms with Crippen LogP contribution in [0.4, 0.5) is 0 Å². The van der Waals surface area contributed by atoms with Crippen LogP contribution in [-0.2, 0) is 19.4 Å². The molecule has 0 radical (unpaired) electrons. The minimum absolute atomic E-state index is 0.0142. The number of carboxylic acid groups (broad SMARTS) is 1. The van der Waals surface area contributed by atoms with Crippen LogP contribution in [0, 0.1) is 0 Å². The van der Waals surface area contributed by atoms with Gasteiger partial charge in [0.2, 0.25) is 0 Å². The van der Waals surface area contributed by atoms with Crippen LogP contribution in [0.3, 0.4) is 0 Å². The van der Waals surface area contributed by atoms with Crippen LogP contribution in [0.1, 0.15) is 18.1 Å². The number of benzene rings is 2. The van der Waals surface area contributed by atoms with Gasteiger partial charge in [-0.05, 0) is 41.5 Å². The molecule has 2 rings (SSSR count). The maximum atomic E-state index is 11.5. The molecule has 0 amide bonds. The molecule has 2 aromatic rings. The van der Waals surface area contributed by atoms with E-state index in [0.717, 1.165) is 6.26 Å². The fraction of sp³-hybridized carbons (Fsp3) is 0.111. The van der Waals surface area contributed by atoms with Crippen molar-refractivity contribution >= 4 is 33.4 Å². The largest absolute Gasteiger partial charge is 0.478 e. The molecule has 130 valence electrons. The fourth-order valence-corrected chi connectivity index (χ4v) is 2.75. The molecule has 0 aliphatic rings. The highest BCUT2D eigenvalue weighted by molar-refractivity contribution is 7.90. The number of carbonyl (C=O) groups excluding carboxylic acids is 1. The number of aliphatic carboxylic acids is 1. The highest BCUT2D eigenvalue weighted by atomic mass is 32.2. The Morgan fingerprint density at radius 2 is 1.56 bits per heavy atom. The van der Waals surface area contributed by atoms with Crippen molar-refractivity contribution in [1.82, 2.24) is 0 Å². The first kappa shape index (κ1) is 18.4. The number of esters is 1. The summed E-state index contributed by atoms with van der Waals surface area (Å²) >= 11 is 0. The van der Waals surface area contributed by atoms with E-state index in [9.17, 15) is 23.1 Å². The predicted octanol–water partition coefficient (Wildman–Crippen LogP) is 2.64. The summed E-state index contributed by atoms with van der Waals surface area (Å²) in [5, 5.41) is 9.43. The smallest absolute Gasteiger partial charge is 0.336 e. The molecule has 0 aromatic heterocycles. The Balaban J connectivity index is 2.36. The van der Waals surface area contributed by atoms with Crippen LogP contribution in [-0.4, -0.2) is 31.7 Å².